The second-order valence-electron chi connectivity index (χ2n) is 14.5. The highest BCUT2D eigenvalue weighted by atomic mass is 19.4. The number of ether oxygens (including phenoxy) is 2. The second-order valence-corrected chi connectivity index (χ2v) is 14.5. The van der Waals surface area contributed by atoms with Crippen LogP contribution in [-0.2, 0) is 25.6 Å². The van der Waals surface area contributed by atoms with Gasteiger partial charge in [-0.25, -0.2) is 4.74 Å². The fourth-order valence-electron chi connectivity index (χ4n) is 5.21. The lowest BCUT2D eigenvalue weighted by atomic mass is 9.92. The molecule has 0 bridgehead atoms. The molecule has 4 unspecified atom stereocenters. The Morgan fingerprint density at radius 2 is 1.35 bits per heavy atom. The van der Waals surface area contributed by atoms with Crippen LogP contribution in [0.15, 0.2) is 24.3 Å². The van der Waals surface area contributed by atoms with Gasteiger partial charge >= 0.3 is 35.8 Å². The maximum Gasteiger partial charge on any atom is 0.460 e. The van der Waals surface area contributed by atoms with Gasteiger partial charge in [-0.3, -0.25) is 9.59 Å². The lowest BCUT2D eigenvalue weighted by Gasteiger charge is -2.42. The number of amides is 2. The van der Waals surface area contributed by atoms with Crippen LogP contribution in [0.3, 0.4) is 0 Å². The van der Waals surface area contributed by atoms with Crippen molar-refractivity contribution in [2.45, 2.75) is 130 Å². The van der Waals surface area contributed by atoms with Crippen LogP contribution in [-0.4, -0.2) is 180 Å². The number of carbonyl (C=O) groups excluding carboxylic acids is 2. The highest BCUT2D eigenvalue weighted by molar-refractivity contribution is 5.81. The summed E-state index contributed by atoms with van der Waals surface area (Å²) in [5.41, 5.74) is -1.37. The molecule has 1 aromatic rings. The van der Waals surface area contributed by atoms with Crippen molar-refractivity contribution >= 4 is 18.0 Å². The van der Waals surface area contributed by atoms with Crippen molar-refractivity contribution in [1.82, 2.24) is 10.6 Å². The first-order valence-electron chi connectivity index (χ1n) is 17.6. The van der Waals surface area contributed by atoms with Gasteiger partial charge in [0.15, 0.2) is 24.1 Å². The summed E-state index contributed by atoms with van der Waals surface area (Å²) in [5.74, 6) is -41.0. The largest absolute Gasteiger partial charge is 0.623 e. The number of alkyl halides is 13. The average molecular weight is 936 g/mol. The number of aliphatic hydroxyl groups is 8. The summed E-state index contributed by atoms with van der Waals surface area (Å²) < 4.78 is 184. The summed E-state index contributed by atoms with van der Waals surface area (Å²) in [6.45, 7) is -0.990. The van der Waals surface area contributed by atoms with Crippen molar-refractivity contribution in [3.8, 4) is 0 Å². The molecule has 1 aliphatic rings. The maximum absolute atomic E-state index is 14.1. The first kappa shape index (κ1) is 54.5. The molecule has 62 heavy (non-hydrogen) atoms. The Bertz CT molecular complexity index is 1690. The molecule has 0 aliphatic carbocycles. The van der Waals surface area contributed by atoms with E-state index >= 15 is 0 Å². The van der Waals surface area contributed by atoms with E-state index in [1.54, 1.807) is 5.32 Å². The molecule has 1 fully saturated rings. The van der Waals surface area contributed by atoms with Crippen molar-refractivity contribution < 1.29 is 122 Å². The van der Waals surface area contributed by atoms with Crippen LogP contribution in [0.25, 0.3) is 0 Å². The number of nitrogens with one attached hydrogen (secondary N) is 2. The number of hydroxylamine groups is 1. The fourth-order valence-corrected chi connectivity index (χ4v) is 5.21. The molecule has 0 aromatic heterocycles. The molecule has 1 heterocycles. The van der Waals surface area contributed by atoms with Gasteiger partial charge in [-0.2, -0.15) is 57.1 Å². The Labute approximate surface area is 340 Å². The van der Waals surface area contributed by atoms with E-state index in [0.29, 0.717) is 0 Å². The number of carbonyl (C=O) groups is 2. The normalized spacial score (nSPS) is 23.3. The van der Waals surface area contributed by atoms with Crippen LogP contribution in [0.4, 0.5) is 57.1 Å². The molecule has 10 N–H and O–H groups in total. The molecule has 1 aliphatic heterocycles. The summed E-state index contributed by atoms with van der Waals surface area (Å²) >= 11 is 0. The molecule has 0 saturated carbocycles. The van der Waals surface area contributed by atoms with Crippen molar-refractivity contribution in [3.05, 3.63) is 40.6 Å². The number of benzene rings is 1. The molecular formula is C33H42F13N3O13. The van der Waals surface area contributed by atoms with Crippen LogP contribution in [0, 0.1) is 5.21 Å². The average Bonchev–Trinajstić information content (AvgIpc) is 3.19. The highest BCUT2D eigenvalue weighted by Gasteiger charge is 2.90. The Kier molecular flexibility index (Phi) is 17.6. The molecule has 16 nitrogen and oxygen atoms in total. The third-order valence-corrected chi connectivity index (χ3v) is 9.33. The van der Waals surface area contributed by atoms with Gasteiger partial charge in [0.25, 0.3) is 5.91 Å². The van der Waals surface area contributed by atoms with E-state index < -0.39 is 141 Å². The molecule has 1 saturated heterocycles. The quantitative estimate of drug-likeness (QED) is 0.0255. The smallest absolute Gasteiger partial charge is 0.460 e. The molecule has 358 valence electrons. The minimum absolute atomic E-state index is 0.104. The number of hydrogen-bond acceptors (Lipinski definition) is 13. The molecule has 2 rings (SSSR count). The second kappa shape index (κ2) is 20.0. The van der Waals surface area contributed by atoms with Crippen LogP contribution >= 0.6 is 0 Å². The van der Waals surface area contributed by atoms with E-state index in [0.717, 1.165) is 20.1 Å². The zero-order valence-electron chi connectivity index (χ0n) is 31.8. The van der Waals surface area contributed by atoms with Gasteiger partial charge in [-0.15, -0.1) is 0 Å². The molecule has 1 aromatic carbocycles. The van der Waals surface area contributed by atoms with Gasteiger partial charge in [0, 0.05) is 38.8 Å². The third kappa shape index (κ3) is 11.5. The topological polar surface area (TPSA) is 265 Å². The monoisotopic (exact) mass is 935 g/mol. The first-order valence-corrected chi connectivity index (χ1v) is 17.6. The standard InChI is InChI=1S/C33H42F13N3O13/c1-27(2,13-48-18(53)7-8-28(34,35)29(36,37)30(38,39)31(40,41)32(42,43)33(44,45)46)49(60)10-15-5-3-14(4-6-15)9-47-25(59)22(57)21(56)24(16(52)11-50)62-26-23(58)20(55)19(54)17(12-51)61-26/h3-6,10,16-17,19-24,26,50-52,54-58H,7-9,11-13H2,1-2H3,(H,47,59)(H,48,53)/b49-10-/t16?,17?,19-,20-,21+,22?,23?,24-,26-/m0/s1. The fraction of sp³-hybridized carbons (Fsp3) is 0.727. The SMILES string of the molecule is CC(C)(CNC(=O)CCC(F)(F)C(F)(F)C(F)(F)C(F)(F)C(F)(F)C(F)(F)F)/[N+]([O-])=C/c1ccc(CNC(=O)C(O)[C@@H](O)[C@@H](O[C@@H]2OC(CO)[C@H](O)[C@H](O)C2O)C(O)CO)cc1. The number of rotatable bonds is 21. The summed E-state index contributed by atoms with van der Waals surface area (Å²) in [5, 5.41) is 96.8. The van der Waals surface area contributed by atoms with Crippen LogP contribution < -0.4 is 10.6 Å². The zero-order valence-corrected chi connectivity index (χ0v) is 31.8. The van der Waals surface area contributed by atoms with E-state index in [2.05, 4.69) is 5.32 Å². The van der Waals surface area contributed by atoms with Gasteiger partial charge in [0.1, 0.15) is 42.7 Å². The van der Waals surface area contributed by atoms with Crippen LogP contribution in [0.5, 0.6) is 0 Å². The molecule has 2 amide bonds. The van der Waals surface area contributed by atoms with E-state index in [-0.39, 0.29) is 22.4 Å². The van der Waals surface area contributed by atoms with E-state index in [4.69, 9.17) is 9.47 Å². The highest BCUT2D eigenvalue weighted by Crippen LogP contribution is 2.60. The van der Waals surface area contributed by atoms with E-state index in [1.807, 2.05) is 0 Å². The predicted molar refractivity (Wildman–Crippen MR) is 178 cm³/mol. The predicted octanol–water partition coefficient (Wildman–Crippen LogP) is -0.0941. The minimum atomic E-state index is -8.09. The van der Waals surface area contributed by atoms with Gasteiger partial charge in [0.2, 0.25) is 5.91 Å². The van der Waals surface area contributed by atoms with Crippen molar-refractivity contribution in [2.24, 2.45) is 0 Å². The summed E-state index contributed by atoms with van der Waals surface area (Å²) in [6, 6.07) is 5.14. The summed E-state index contributed by atoms with van der Waals surface area (Å²) in [7, 11) is 0. The molecular weight excluding hydrogens is 893 g/mol. The molecule has 0 spiro atoms. The Hall–Kier alpha value is -3.68. The van der Waals surface area contributed by atoms with Gasteiger partial charge in [-0.1, -0.05) is 12.1 Å². The minimum Gasteiger partial charge on any atom is -0.623 e. The Morgan fingerprint density at radius 3 is 1.85 bits per heavy atom. The van der Waals surface area contributed by atoms with Gasteiger partial charge < -0.3 is 66.2 Å². The molecule has 29 heteroatoms. The van der Waals surface area contributed by atoms with Crippen molar-refractivity contribution in [3.63, 3.8) is 0 Å². The Morgan fingerprint density at radius 1 is 0.823 bits per heavy atom. The van der Waals surface area contributed by atoms with Crippen molar-refractivity contribution in [1.29, 1.82) is 0 Å². The Balaban J connectivity index is 2.02. The number of hydrogen-bond donors (Lipinski definition) is 10. The van der Waals surface area contributed by atoms with Crippen LogP contribution in [0.1, 0.15) is 37.8 Å². The third-order valence-electron chi connectivity index (χ3n) is 9.33. The lowest BCUT2D eigenvalue weighted by molar-refractivity contribution is -0.533. The molecule has 9 atom stereocenters. The number of halogens is 13. The summed E-state index contributed by atoms with van der Waals surface area (Å²) in [4.78, 5) is 24.7. The van der Waals surface area contributed by atoms with Crippen molar-refractivity contribution in [2.75, 3.05) is 19.8 Å². The van der Waals surface area contributed by atoms with Crippen LogP contribution in [0.2, 0.25) is 0 Å². The number of aliphatic hydroxyl groups excluding tert-OH is 8. The van der Waals surface area contributed by atoms with Gasteiger partial charge in [0.05, 0.1) is 19.8 Å². The zero-order chi connectivity index (χ0) is 48.2. The number of nitrogens with zero attached hydrogens (tertiary/aromatic N) is 1. The van der Waals surface area contributed by atoms with E-state index in [1.165, 1.54) is 24.3 Å². The van der Waals surface area contributed by atoms with E-state index in [9.17, 15) is 113 Å². The van der Waals surface area contributed by atoms with Gasteiger partial charge in [-0.05, 0) is 17.7 Å². The molecule has 0 radical (unpaired) electrons. The first-order chi connectivity index (χ1) is 28.1. The summed E-state index contributed by atoms with van der Waals surface area (Å²) in [6.07, 6.45) is -29.5. The maximum atomic E-state index is 14.1. The lowest BCUT2D eigenvalue weighted by Crippen LogP contribution is -2.70.